The van der Waals surface area contributed by atoms with Crippen molar-refractivity contribution >= 4 is 17.2 Å². The van der Waals surface area contributed by atoms with Crippen LogP contribution in [-0.2, 0) is 6.54 Å². The highest BCUT2D eigenvalue weighted by molar-refractivity contribution is 5.86. The third kappa shape index (κ3) is 2.76. The average molecular weight is 329 g/mol. The normalized spacial score (nSPS) is 18.9. The van der Waals surface area contributed by atoms with E-state index in [2.05, 4.69) is 10.2 Å². The van der Waals surface area contributed by atoms with Crippen LogP contribution in [0.15, 0.2) is 23.1 Å². The number of aromatic nitrogens is 1. The van der Waals surface area contributed by atoms with E-state index in [0.717, 1.165) is 44.5 Å². The Morgan fingerprint density at radius 2 is 2.00 bits per heavy atom. The van der Waals surface area contributed by atoms with Crippen LogP contribution in [0.1, 0.15) is 34.8 Å². The van der Waals surface area contributed by atoms with E-state index < -0.39 is 0 Å². The van der Waals surface area contributed by atoms with Crippen LogP contribution >= 0.6 is 0 Å². The van der Waals surface area contributed by atoms with Gasteiger partial charge in [-0.1, -0.05) is 0 Å². The van der Waals surface area contributed by atoms with Gasteiger partial charge in [-0.3, -0.25) is 14.5 Å². The van der Waals surface area contributed by atoms with Crippen LogP contribution in [0.2, 0.25) is 0 Å². The summed E-state index contributed by atoms with van der Waals surface area (Å²) in [6.45, 7) is 4.13. The number of pyridine rings is 1. The number of carbonyl (C=O) groups excluding carboxylic acids is 1. The first-order valence-corrected chi connectivity index (χ1v) is 8.43. The topological polar surface area (TPSA) is 54.3 Å². The number of carbonyl (C=O) groups is 1. The number of rotatable bonds is 4. The summed E-state index contributed by atoms with van der Waals surface area (Å²) in [4.78, 5) is 25.7. The zero-order valence-corrected chi connectivity index (χ0v) is 13.4. The van der Waals surface area contributed by atoms with Crippen molar-refractivity contribution in [3.05, 3.63) is 45.5 Å². The fourth-order valence-electron chi connectivity index (χ4n) is 3.40. The molecule has 1 aliphatic carbocycles. The maximum absolute atomic E-state index is 14.6. The molecule has 0 unspecified atom stereocenters. The highest BCUT2D eigenvalue weighted by Crippen LogP contribution is 2.37. The van der Waals surface area contributed by atoms with Gasteiger partial charge in [-0.25, -0.2) is 4.39 Å². The lowest BCUT2D eigenvalue weighted by molar-refractivity contribution is 0.112. The molecule has 1 aliphatic heterocycles. The first-order valence-electron chi connectivity index (χ1n) is 8.43. The van der Waals surface area contributed by atoms with Gasteiger partial charge < -0.3 is 9.88 Å². The van der Waals surface area contributed by atoms with Gasteiger partial charge in [0.25, 0.3) is 0 Å². The molecule has 2 aliphatic rings. The molecule has 1 aromatic heterocycles. The molecule has 0 spiro atoms. The largest absolute Gasteiger partial charge is 0.343 e. The van der Waals surface area contributed by atoms with E-state index in [1.165, 1.54) is 6.07 Å². The Bertz CT molecular complexity index is 851. The molecule has 2 heterocycles. The lowest BCUT2D eigenvalue weighted by Crippen LogP contribution is -2.43. The first-order chi connectivity index (χ1) is 11.7. The van der Waals surface area contributed by atoms with Crippen LogP contribution in [0.5, 0.6) is 0 Å². The van der Waals surface area contributed by atoms with Gasteiger partial charge in [0.2, 0.25) is 0 Å². The van der Waals surface area contributed by atoms with Gasteiger partial charge in [0, 0.05) is 55.9 Å². The monoisotopic (exact) mass is 329 g/mol. The maximum Gasteiger partial charge on any atom is 0.199 e. The quantitative estimate of drug-likeness (QED) is 0.868. The molecule has 1 saturated carbocycles. The molecular formula is C18H20FN3O2. The number of aldehydes is 1. The van der Waals surface area contributed by atoms with Gasteiger partial charge in [0.1, 0.15) is 5.82 Å². The van der Waals surface area contributed by atoms with Gasteiger partial charge in [0.15, 0.2) is 11.7 Å². The molecule has 4 rings (SSSR count). The molecule has 0 atom stereocenters. The summed E-state index contributed by atoms with van der Waals surface area (Å²) < 4.78 is 16.5. The lowest BCUT2D eigenvalue weighted by Gasteiger charge is -2.27. The van der Waals surface area contributed by atoms with Crippen molar-refractivity contribution in [2.45, 2.75) is 25.4 Å². The first kappa shape index (κ1) is 15.5. The van der Waals surface area contributed by atoms with Crippen LogP contribution in [-0.4, -0.2) is 41.9 Å². The Morgan fingerprint density at radius 1 is 1.25 bits per heavy atom. The Labute approximate surface area is 139 Å². The second kappa shape index (κ2) is 6.11. The summed E-state index contributed by atoms with van der Waals surface area (Å²) in [7, 11) is 0. The van der Waals surface area contributed by atoms with Crippen molar-refractivity contribution in [1.29, 1.82) is 0 Å². The number of halogens is 1. The van der Waals surface area contributed by atoms with Crippen LogP contribution in [0.4, 0.5) is 4.39 Å². The Kier molecular flexibility index (Phi) is 3.94. The van der Waals surface area contributed by atoms with Crippen molar-refractivity contribution in [3.8, 4) is 0 Å². The molecule has 0 amide bonds. The maximum atomic E-state index is 14.6. The molecule has 0 bridgehead atoms. The highest BCUT2D eigenvalue weighted by atomic mass is 19.1. The van der Waals surface area contributed by atoms with Crippen LogP contribution in [0.3, 0.4) is 0 Å². The van der Waals surface area contributed by atoms with Gasteiger partial charge in [-0.15, -0.1) is 0 Å². The fourth-order valence-corrected chi connectivity index (χ4v) is 3.40. The second-order valence-corrected chi connectivity index (χ2v) is 6.66. The summed E-state index contributed by atoms with van der Waals surface area (Å²) in [5, 5.41) is 3.58. The van der Waals surface area contributed by atoms with E-state index in [4.69, 9.17) is 0 Å². The fraction of sp³-hybridized carbons (Fsp3) is 0.444. The zero-order valence-electron chi connectivity index (χ0n) is 13.4. The molecule has 2 fully saturated rings. The van der Waals surface area contributed by atoms with Crippen molar-refractivity contribution in [2.24, 2.45) is 0 Å². The van der Waals surface area contributed by atoms with Crippen molar-refractivity contribution in [2.75, 3.05) is 26.2 Å². The number of nitrogens with zero attached hydrogens (tertiary/aromatic N) is 2. The van der Waals surface area contributed by atoms with Gasteiger partial charge in [-0.2, -0.15) is 0 Å². The van der Waals surface area contributed by atoms with Crippen molar-refractivity contribution < 1.29 is 9.18 Å². The Balaban J connectivity index is 1.82. The number of nitrogens with one attached hydrogen (secondary N) is 1. The van der Waals surface area contributed by atoms with E-state index in [9.17, 15) is 14.0 Å². The summed E-state index contributed by atoms with van der Waals surface area (Å²) in [5.74, 6) is -0.372. The molecule has 2 aromatic rings. The molecule has 5 nitrogen and oxygen atoms in total. The molecule has 1 N–H and O–H groups in total. The van der Waals surface area contributed by atoms with E-state index in [1.54, 1.807) is 12.3 Å². The van der Waals surface area contributed by atoms with E-state index in [-0.39, 0.29) is 16.8 Å². The Hall–Kier alpha value is -2.05. The minimum absolute atomic E-state index is 0.101. The van der Waals surface area contributed by atoms with Crippen LogP contribution in [0.25, 0.3) is 10.9 Å². The molecule has 126 valence electrons. The Morgan fingerprint density at radius 3 is 2.67 bits per heavy atom. The predicted molar refractivity (Wildman–Crippen MR) is 90.0 cm³/mol. The van der Waals surface area contributed by atoms with Gasteiger partial charge in [-0.05, 0) is 25.0 Å². The van der Waals surface area contributed by atoms with E-state index >= 15 is 0 Å². The van der Waals surface area contributed by atoms with Gasteiger partial charge in [0.05, 0.1) is 11.1 Å². The third-order valence-electron chi connectivity index (χ3n) is 4.90. The SMILES string of the molecule is O=Cc1cn(C2CC2)c2cc(CN3CCNCC3)c(F)cc2c1=O. The molecule has 6 heteroatoms. The summed E-state index contributed by atoms with van der Waals surface area (Å²) in [6, 6.07) is 3.41. The predicted octanol–water partition coefficient (Wildman–Crippen LogP) is 1.69. The molecule has 24 heavy (non-hydrogen) atoms. The van der Waals surface area contributed by atoms with Crippen molar-refractivity contribution in [1.82, 2.24) is 14.8 Å². The average Bonchev–Trinajstić information content (AvgIpc) is 3.43. The summed E-state index contributed by atoms with van der Waals surface area (Å²) >= 11 is 0. The standard InChI is InChI=1S/C18H20FN3O2/c19-16-8-15-17(7-12(16)9-21-5-3-20-4-6-21)22(14-1-2-14)10-13(11-23)18(15)24/h7-8,10-11,14,20H,1-6,9H2. The number of fused-ring (bicyclic) bond motifs is 1. The summed E-state index contributed by atoms with van der Waals surface area (Å²) in [6.07, 6.45) is 4.25. The minimum Gasteiger partial charge on any atom is -0.343 e. The lowest BCUT2D eigenvalue weighted by atomic mass is 10.1. The summed E-state index contributed by atoms with van der Waals surface area (Å²) in [5.41, 5.74) is 1.06. The van der Waals surface area contributed by atoms with E-state index in [1.807, 2.05) is 4.57 Å². The highest BCUT2D eigenvalue weighted by Gasteiger charge is 2.26. The molecule has 1 aromatic carbocycles. The third-order valence-corrected chi connectivity index (χ3v) is 4.90. The number of hydrogen-bond donors (Lipinski definition) is 1. The van der Waals surface area contributed by atoms with Crippen molar-refractivity contribution in [3.63, 3.8) is 0 Å². The minimum atomic E-state index is -0.385. The molecule has 1 saturated heterocycles. The number of hydrogen-bond acceptors (Lipinski definition) is 4. The van der Waals surface area contributed by atoms with E-state index in [0.29, 0.717) is 29.8 Å². The number of piperazine rings is 1. The number of benzene rings is 1. The zero-order chi connectivity index (χ0) is 16.7. The second-order valence-electron chi connectivity index (χ2n) is 6.66. The molecule has 0 radical (unpaired) electrons. The molecular weight excluding hydrogens is 309 g/mol. The van der Waals surface area contributed by atoms with Crippen LogP contribution in [0, 0.1) is 5.82 Å². The van der Waals surface area contributed by atoms with Gasteiger partial charge >= 0.3 is 0 Å². The smallest absolute Gasteiger partial charge is 0.199 e. The van der Waals surface area contributed by atoms with Crippen LogP contribution < -0.4 is 10.7 Å².